The summed E-state index contributed by atoms with van der Waals surface area (Å²) in [5.41, 5.74) is 0.902. The van der Waals surface area contributed by atoms with Crippen LogP contribution in [0.4, 0.5) is 23.4 Å². The molecule has 0 amide bonds. The lowest BCUT2D eigenvalue weighted by molar-refractivity contribution is -0.611. The first-order valence-corrected chi connectivity index (χ1v) is 10.8. The van der Waals surface area contributed by atoms with E-state index in [-0.39, 0.29) is 44.9 Å². The summed E-state index contributed by atoms with van der Waals surface area (Å²) < 4.78 is 58.7. The van der Waals surface area contributed by atoms with Gasteiger partial charge in [0.2, 0.25) is 0 Å². The number of benzene rings is 1. The summed E-state index contributed by atoms with van der Waals surface area (Å²) in [6.45, 7) is 2.98. The van der Waals surface area contributed by atoms with Crippen molar-refractivity contribution in [3.63, 3.8) is 0 Å². The summed E-state index contributed by atoms with van der Waals surface area (Å²) in [5.74, 6) is -0.658. The highest BCUT2D eigenvalue weighted by Gasteiger charge is 2.43. The number of aryl methyl sites for hydroxylation is 1. The molecule has 0 saturated carbocycles. The molecule has 11 heteroatoms. The summed E-state index contributed by atoms with van der Waals surface area (Å²) in [5, 5.41) is 15.1. The maximum absolute atomic E-state index is 14.6. The predicted octanol–water partition coefficient (Wildman–Crippen LogP) is 5.34. The highest BCUT2D eigenvalue weighted by Crippen LogP contribution is 2.41. The molecule has 0 aliphatic heterocycles. The lowest BCUT2D eigenvalue weighted by atomic mass is 9.95. The quantitative estimate of drug-likeness (QED) is 0.206. The van der Waals surface area contributed by atoms with E-state index in [1.807, 2.05) is 0 Å². The second kappa shape index (κ2) is 8.67. The number of nitrogens with one attached hydrogen (secondary N) is 1. The zero-order valence-corrected chi connectivity index (χ0v) is 19.0. The monoisotopic (exact) mass is 494 g/mol. The van der Waals surface area contributed by atoms with E-state index in [4.69, 9.17) is 0 Å². The van der Waals surface area contributed by atoms with E-state index in [2.05, 4.69) is 25.3 Å². The fraction of sp³-hybridized carbons (Fsp3) is 0.160. The molecular formula is C25H18F4N6O. The molecule has 7 nitrogen and oxygen atoms in total. The fourth-order valence-electron chi connectivity index (χ4n) is 4.10. The number of nitrogens with zero attached hydrogens (tertiary/aromatic N) is 5. The summed E-state index contributed by atoms with van der Waals surface area (Å²) in [6, 6.07) is 7.73. The number of pyridine rings is 3. The van der Waals surface area contributed by atoms with Crippen molar-refractivity contribution < 1.29 is 22.3 Å². The van der Waals surface area contributed by atoms with Gasteiger partial charge >= 0.3 is 6.18 Å². The van der Waals surface area contributed by atoms with Gasteiger partial charge in [-0.05, 0) is 43.3 Å². The van der Waals surface area contributed by atoms with Crippen molar-refractivity contribution in [1.29, 1.82) is 0 Å². The van der Waals surface area contributed by atoms with Crippen molar-refractivity contribution in [1.82, 2.24) is 19.9 Å². The van der Waals surface area contributed by atoms with Gasteiger partial charge in [0.15, 0.2) is 23.8 Å². The van der Waals surface area contributed by atoms with Crippen LogP contribution < -0.4 is 10.0 Å². The molecule has 0 aliphatic carbocycles. The van der Waals surface area contributed by atoms with Gasteiger partial charge in [-0.2, -0.15) is 17.9 Å². The van der Waals surface area contributed by atoms with Gasteiger partial charge in [0.05, 0.1) is 22.3 Å². The van der Waals surface area contributed by atoms with Crippen LogP contribution in [0.15, 0.2) is 61.2 Å². The Morgan fingerprint density at radius 3 is 2.58 bits per heavy atom. The number of rotatable bonds is 4. The Bertz CT molecular complexity index is 1620. The van der Waals surface area contributed by atoms with Crippen LogP contribution in [0, 0.1) is 24.9 Å². The molecule has 1 atom stereocenters. The molecule has 36 heavy (non-hydrogen) atoms. The molecule has 1 N–H and O–H groups in total. The first-order valence-electron chi connectivity index (χ1n) is 10.8. The highest BCUT2D eigenvalue weighted by atomic mass is 19.4. The number of alkyl halides is 3. The van der Waals surface area contributed by atoms with Crippen LogP contribution in [0.3, 0.4) is 0 Å². The zero-order chi connectivity index (χ0) is 25.6. The molecule has 5 rings (SSSR count). The largest absolute Gasteiger partial charge is 0.618 e. The molecule has 0 spiro atoms. The maximum atomic E-state index is 14.6. The van der Waals surface area contributed by atoms with Crippen molar-refractivity contribution in [2.24, 2.45) is 0 Å². The molecule has 0 aliphatic rings. The van der Waals surface area contributed by atoms with Crippen LogP contribution in [0.25, 0.3) is 33.2 Å². The van der Waals surface area contributed by atoms with Gasteiger partial charge in [-0.3, -0.25) is 4.98 Å². The van der Waals surface area contributed by atoms with Crippen molar-refractivity contribution in [3.05, 3.63) is 89.0 Å². The van der Waals surface area contributed by atoms with Crippen LogP contribution in [-0.4, -0.2) is 26.1 Å². The van der Waals surface area contributed by atoms with Gasteiger partial charge in [-0.15, -0.1) is 0 Å². The van der Waals surface area contributed by atoms with Gasteiger partial charge in [-0.25, -0.2) is 19.3 Å². The van der Waals surface area contributed by atoms with Gasteiger partial charge in [-0.1, -0.05) is 0 Å². The minimum absolute atomic E-state index is 0.0972. The van der Waals surface area contributed by atoms with E-state index in [9.17, 15) is 22.8 Å². The number of hydrogen-bond acceptors (Lipinski definition) is 6. The molecule has 5 aromatic rings. The van der Waals surface area contributed by atoms with Crippen molar-refractivity contribution in [3.8, 4) is 11.3 Å². The average molecular weight is 494 g/mol. The van der Waals surface area contributed by atoms with Crippen LogP contribution >= 0.6 is 0 Å². The number of hydrogen-bond donors (Lipinski definition) is 1. The van der Waals surface area contributed by atoms with E-state index in [0.29, 0.717) is 15.6 Å². The molecule has 4 aromatic heterocycles. The van der Waals surface area contributed by atoms with Crippen LogP contribution in [0.2, 0.25) is 0 Å². The number of halogens is 4. The number of anilines is 1. The molecule has 0 saturated heterocycles. The third-order valence-electron chi connectivity index (χ3n) is 5.98. The lowest BCUT2D eigenvalue weighted by Crippen LogP contribution is -2.31. The predicted molar refractivity (Wildman–Crippen MR) is 125 cm³/mol. The minimum Gasteiger partial charge on any atom is -0.618 e. The topological polar surface area (TPSA) is 90.5 Å². The summed E-state index contributed by atoms with van der Waals surface area (Å²) in [7, 11) is 0. The van der Waals surface area contributed by atoms with E-state index < -0.39 is 18.0 Å². The normalized spacial score (nSPS) is 12.7. The van der Waals surface area contributed by atoms with Gasteiger partial charge in [0.1, 0.15) is 17.7 Å². The van der Waals surface area contributed by atoms with Crippen LogP contribution in [0.5, 0.6) is 0 Å². The van der Waals surface area contributed by atoms with Crippen molar-refractivity contribution in [2.45, 2.75) is 26.1 Å². The van der Waals surface area contributed by atoms with Gasteiger partial charge < -0.3 is 10.5 Å². The molecule has 1 unspecified atom stereocenters. The van der Waals surface area contributed by atoms with Crippen LogP contribution in [-0.2, 0) is 0 Å². The lowest BCUT2D eigenvalue weighted by Gasteiger charge is -2.25. The van der Waals surface area contributed by atoms with Crippen molar-refractivity contribution in [2.75, 3.05) is 5.32 Å². The molecule has 0 bridgehead atoms. The average Bonchev–Trinajstić information content (AvgIpc) is 2.85. The molecular weight excluding hydrogens is 476 g/mol. The second-order valence-corrected chi connectivity index (χ2v) is 8.22. The third kappa shape index (κ3) is 4.02. The molecule has 4 heterocycles. The first-order chi connectivity index (χ1) is 17.1. The van der Waals surface area contributed by atoms with E-state index in [0.717, 1.165) is 6.33 Å². The number of fused-ring (bicyclic) bond motifs is 2. The maximum Gasteiger partial charge on any atom is 0.412 e. The van der Waals surface area contributed by atoms with E-state index >= 15 is 0 Å². The Labute approximate surface area is 202 Å². The summed E-state index contributed by atoms with van der Waals surface area (Å²) >= 11 is 0. The molecule has 182 valence electrons. The SMILES string of the molecule is Cc1c(F)ccc2cc(C(Nc3ncnc4cccnc34)C(F)(F)F)c(-c3ccc[n+]([O-])c3C)nc12. The summed E-state index contributed by atoms with van der Waals surface area (Å²) in [4.78, 5) is 16.6. The second-order valence-electron chi connectivity index (χ2n) is 8.22. The van der Waals surface area contributed by atoms with Crippen LogP contribution in [0.1, 0.15) is 22.9 Å². The first kappa shape index (κ1) is 23.3. The Morgan fingerprint density at radius 2 is 1.81 bits per heavy atom. The van der Waals surface area contributed by atoms with Gasteiger partial charge in [0, 0.05) is 35.7 Å². The molecule has 1 aromatic carbocycles. The van der Waals surface area contributed by atoms with Crippen molar-refractivity contribution >= 4 is 27.8 Å². The Hall–Kier alpha value is -4.41. The highest BCUT2D eigenvalue weighted by molar-refractivity contribution is 5.88. The Morgan fingerprint density at radius 1 is 1.00 bits per heavy atom. The Balaban J connectivity index is 1.79. The molecule has 0 radical (unpaired) electrons. The zero-order valence-electron chi connectivity index (χ0n) is 19.0. The van der Waals surface area contributed by atoms with Gasteiger partial charge in [0.25, 0.3) is 0 Å². The van der Waals surface area contributed by atoms with E-state index in [1.165, 1.54) is 56.6 Å². The smallest absolute Gasteiger partial charge is 0.412 e. The summed E-state index contributed by atoms with van der Waals surface area (Å²) in [6.07, 6.45) is -0.989. The Kier molecular flexibility index (Phi) is 5.62. The minimum atomic E-state index is -4.80. The third-order valence-corrected chi connectivity index (χ3v) is 5.98. The standard InChI is InChI=1S/C25H18F4N6O/c1-13-18(26)8-7-15-11-17(21(33-20(13)15)16-5-4-10-35(36)14(16)2)23(25(27,28)29)34-24-22-19(31-12-32-24)6-3-9-30-22/h3-12,23H,1-2H3,(H,31,32,34). The fourth-order valence-corrected chi connectivity index (χ4v) is 4.10. The number of aromatic nitrogens is 5. The molecule has 0 fully saturated rings. The van der Waals surface area contributed by atoms with E-state index in [1.54, 1.807) is 12.1 Å².